The van der Waals surface area contributed by atoms with Crippen LogP contribution in [0.4, 0.5) is 18.9 Å². The first kappa shape index (κ1) is 18.8. The highest BCUT2D eigenvalue weighted by atomic mass is 19.4. The maximum atomic E-state index is 13.4. The monoisotopic (exact) mass is 355 g/mol. The number of hydrogen-bond donors (Lipinski definition) is 3. The first-order valence-electron chi connectivity index (χ1n) is 7.54. The van der Waals surface area contributed by atoms with E-state index in [1.54, 1.807) is 6.07 Å². The molecule has 0 saturated carbocycles. The largest absolute Gasteiger partial charge is 0.424 e. The van der Waals surface area contributed by atoms with E-state index >= 15 is 0 Å². The van der Waals surface area contributed by atoms with E-state index in [0.29, 0.717) is 5.69 Å². The molecule has 4 N–H and O–H groups in total. The van der Waals surface area contributed by atoms with Crippen molar-refractivity contribution in [2.75, 3.05) is 11.9 Å². The second kappa shape index (κ2) is 7.14. The van der Waals surface area contributed by atoms with Crippen molar-refractivity contribution in [2.45, 2.75) is 25.1 Å². The van der Waals surface area contributed by atoms with Crippen LogP contribution < -0.4 is 11.1 Å². The van der Waals surface area contributed by atoms with Gasteiger partial charge in [0, 0.05) is 38.1 Å². The molecule has 25 heavy (non-hydrogen) atoms. The van der Waals surface area contributed by atoms with Crippen molar-refractivity contribution in [3.63, 3.8) is 0 Å². The molecule has 2 aromatic rings. The molecule has 1 aromatic heterocycles. The van der Waals surface area contributed by atoms with E-state index in [0.717, 1.165) is 10.1 Å². The van der Waals surface area contributed by atoms with E-state index in [1.165, 1.54) is 19.4 Å². The van der Waals surface area contributed by atoms with Crippen LogP contribution in [0.15, 0.2) is 41.7 Å². The SMILES string of the molecule is Cc1cccc(NC(N)=NCCC(O)(c2nccn2C)C(F)(F)F)c1. The van der Waals surface area contributed by atoms with Crippen molar-refractivity contribution in [1.29, 1.82) is 0 Å². The highest BCUT2D eigenvalue weighted by Crippen LogP contribution is 2.40. The normalized spacial score (nSPS) is 15.0. The number of hydrogen-bond acceptors (Lipinski definition) is 3. The Morgan fingerprint density at radius 3 is 2.68 bits per heavy atom. The van der Waals surface area contributed by atoms with Gasteiger partial charge in [-0.15, -0.1) is 0 Å². The average molecular weight is 355 g/mol. The second-order valence-corrected chi connectivity index (χ2v) is 5.73. The summed E-state index contributed by atoms with van der Waals surface area (Å²) in [5.41, 5.74) is 4.28. The van der Waals surface area contributed by atoms with E-state index in [-0.39, 0.29) is 12.5 Å². The molecular formula is C16H20F3N5O. The second-order valence-electron chi connectivity index (χ2n) is 5.73. The number of nitrogens with zero attached hydrogens (tertiary/aromatic N) is 3. The number of benzene rings is 1. The summed E-state index contributed by atoms with van der Waals surface area (Å²) in [5.74, 6) is -0.518. The van der Waals surface area contributed by atoms with Crippen LogP contribution in [0.2, 0.25) is 0 Å². The summed E-state index contributed by atoms with van der Waals surface area (Å²) < 4.78 is 41.2. The number of aromatic nitrogens is 2. The Morgan fingerprint density at radius 1 is 1.40 bits per heavy atom. The third-order valence-electron chi connectivity index (χ3n) is 3.71. The molecular weight excluding hydrogens is 335 g/mol. The van der Waals surface area contributed by atoms with Gasteiger partial charge in [-0.2, -0.15) is 13.2 Å². The number of nitrogens with one attached hydrogen (secondary N) is 1. The fraction of sp³-hybridized carbons (Fsp3) is 0.375. The van der Waals surface area contributed by atoms with E-state index in [2.05, 4.69) is 15.3 Å². The van der Waals surface area contributed by atoms with Gasteiger partial charge in [0.1, 0.15) is 5.82 Å². The van der Waals surface area contributed by atoms with Crippen molar-refractivity contribution in [3.8, 4) is 0 Å². The molecule has 0 aliphatic carbocycles. The van der Waals surface area contributed by atoms with Crippen LogP contribution in [-0.4, -0.2) is 33.3 Å². The van der Waals surface area contributed by atoms with Gasteiger partial charge in [0.25, 0.3) is 0 Å². The van der Waals surface area contributed by atoms with Crippen LogP contribution in [0.3, 0.4) is 0 Å². The van der Waals surface area contributed by atoms with Gasteiger partial charge in [-0.1, -0.05) is 12.1 Å². The van der Waals surface area contributed by atoms with Crippen molar-refractivity contribution in [2.24, 2.45) is 17.8 Å². The molecule has 1 unspecified atom stereocenters. The van der Waals surface area contributed by atoms with Gasteiger partial charge >= 0.3 is 6.18 Å². The lowest BCUT2D eigenvalue weighted by molar-refractivity contribution is -0.272. The van der Waals surface area contributed by atoms with Crippen LogP contribution in [0.1, 0.15) is 17.8 Å². The van der Waals surface area contributed by atoms with Crippen molar-refractivity contribution in [3.05, 3.63) is 48.0 Å². The lowest BCUT2D eigenvalue weighted by Gasteiger charge is -2.29. The number of aliphatic hydroxyl groups is 1. The maximum absolute atomic E-state index is 13.4. The zero-order chi connectivity index (χ0) is 18.7. The van der Waals surface area contributed by atoms with Gasteiger partial charge in [-0.25, -0.2) is 4.98 Å². The Hall–Kier alpha value is -2.55. The highest BCUT2D eigenvalue weighted by molar-refractivity contribution is 5.92. The lowest BCUT2D eigenvalue weighted by Crippen LogP contribution is -2.45. The zero-order valence-corrected chi connectivity index (χ0v) is 13.9. The molecule has 2 rings (SSSR count). The van der Waals surface area contributed by atoms with Gasteiger partial charge in [0.05, 0.1) is 0 Å². The third kappa shape index (κ3) is 4.30. The summed E-state index contributed by atoms with van der Waals surface area (Å²) in [7, 11) is 1.38. The zero-order valence-electron chi connectivity index (χ0n) is 13.9. The van der Waals surface area contributed by atoms with E-state index in [4.69, 9.17) is 5.73 Å². The molecule has 0 fully saturated rings. The highest BCUT2D eigenvalue weighted by Gasteiger charge is 2.57. The maximum Gasteiger partial charge on any atom is 0.424 e. The number of halogens is 3. The molecule has 136 valence electrons. The predicted octanol–water partition coefficient (Wildman–Crippen LogP) is 2.30. The molecule has 1 atom stereocenters. The van der Waals surface area contributed by atoms with Crippen molar-refractivity contribution >= 4 is 11.6 Å². The van der Waals surface area contributed by atoms with Crippen LogP contribution in [0, 0.1) is 6.92 Å². The van der Waals surface area contributed by atoms with Gasteiger partial charge in [0.2, 0.25) is 5.60 Å². The molecule has 1 aromatic carbocycles. The Morgan fingerprint density at radius 2 is 2.12 bits per heavy atom. The average Bonchev–Trinajstić information content (AvgIpc) is 2.92. The Bertz CT molecular complexity index is 756. The van der Waals surface area contributed by atoms with E-state index < -0.39 is 24.0 Å². The molecule has 0 spiro atoms. The number of aliphatic imine (C=N–C) groups is 1. The summed E-state index contributed by atoms with van der Waals surface area (Å²) in [6.07, 6.45) is -3.05. The van der Waals surface area contributed by atoms with Crippen LogP contribution in [0.5, 0.6) is 0 Å². The molecule has 0 aliphatic rings. The summed E-state index contributed by atoms with van der Waals surface area (Å²) in [6, 6.07) is 7.29. The lowest BCUT2D eigenvalue weighted by atomic mass is 9.98. The molecule has 0 bridgehead atoms. The number of imidazole rings is 1. The first-order valence-corrected chi connectivity index (χ1v) is 7.54. The Balaban J connectivity index is 2.10. The smallest absolute Gasteiger partial charge is 0.374 e. The standard InChI is InChI=1S/C16H20F3N5O/c1-11-4-3-5-12(10-11)23-14(20)22-7-6-15(25,16(17,18)19)13-21-8-9-24(13)2/h3-5,8-10,25H,6-7H2,1-2H3,(H3,20,22,23). The predicted molar refractivity (Wildman–Crippen MR) is 89.1 cm³/mol. The van der Waals surface area contributed by atoms with Gasteiger partial charge in [-0.3, -0.25) is 4.99 Å². The van der Waals surface area contributed by atoms with Crippen LogP contribution in [0.25, 0.3) is 0 Å². The summed E-state index contributed by atoms with van der Waals surface area (Å²) in [4.78, 5) is 7.50. The van der Waals surface area contributed by atoms with Crippen LogP contribution >= 0.6 is 0 Å². The fourth-order valence-electron chi connectivity index (χ4n) is 2.39. The number of aryl methyl sites for hydroxylation is 2. The Labute approximate surface area is 143 Å². The third-order valence-corrected chi connectivity index (χ3v) is 3.71. The Kier molecular flexibility index (Phi) is 5.36. The van der Waals surface area contributed by atoms with Gasteiger partial charge in [-0.05, 0) is 24.6 Å². The molecule has 6 nitrogen and oxygen atoms in total. The molecule has 9 heteroatoms. The number of anilines is 1. The van der Waals surface area contributed by atoms with Crippen LogP contribution in [-0.2, 0) is 12.6 Å². The minimum Gasteiger partial charge on any atom is -0.374 e. The molecule has 1 heterocycles. The number of nitrogens with two attached hydrogens (primary N) is 1. The number of rotatable bonds is 5. The minimum atomic E-state index is -4.89. The summed E-state index contributed by atoms with van der Waals surface area (Å²) in [6.45, 7) is 1.57. The molecule has 0 amide bonds. The summed E-state index contributed by atoms with van der Waals surface area (Å²) in [5, 5.41) is 13.0. The minimum absolute atomic E-state index is 0.0324. The number of guanidine groups is 1. The summed E-state index contributed by atoms with van der Waals surface area (Å²) >= 11 is 0. The van der Waals surface area contributed by atoms with Gasteiger partial charge < -0.3 is 20.7 Å². The topological polar surface area (TPSA) is 88.5 Å². The van der Waals surface area contributed by atoms with Crippen molar-refractivity contribution in [1.82, 2.24) is 9.55 Å². The van der Waals surface area contributed by atoms with E-state index in [1.807, 2.05) is 25.1 Å². The van der Waals surface area contributed by atoms with E-state index in [9.17, 15) is 18.3 Å². The number of alkyl halides is 3. The quantitative estimate of drug-likeness (QED) is 0.567. The fourth-order valence-corrected chi connectivity index (χ4v) is 2.39. The van der Waals surface area contributed by atoms with Crippen molar-refractivity contribution < 1.29 is 18.3 Å². The molecule has 0 radical (unpaired) electrons. The molecule has 0 aliphatic heterocycles. The van der Waals surface area contributed by atoms with Gasteiger partial charge in [0.15, 0.2) is 5.96 Å². The first-order chi connectivity index (χ1) is 11.6. The molecule has 0 saturated heterocycles.